The number of esters is 2. The molecule has 0 saturated heterocycles. The highest BCUT2D eigenvalue weighted by atomic mass is 32.1. The predicted molar refractivity (Wildman–Crippen MR) is 142 cm³/mol. The number of nitrogens with zero attached hydrogens (tertiary/aromatic N) is 3. The Hall–Kier alpha value is -4.57. The van der Waals surface area contributed by atoms with Gasteiger partial charge in [0.25, 0.3) is 5.91 Å². The van der Waals surface area contributed by atoms with Crippen molar-refractivity contribution in [2.45, 2.75) is 39.7 Å². The van der Waals surface area contributed by atoms with Gasteiger partial charge in [0.1, 0.15) is 6.04 Å². The molecule has 0 saturated carbocycles. The minimum atomic E-state index is -1.02. The molecule has 0 spiro atoms. The topological polar surface area (TPSA) is 170 Å². The number of aromatic nitrogens is 3. The van der Waals surface area contributed by atoms with Crippen molar-refractivity contribution >= 4 is 52.1 Å². The fraction of sp³-hybridized carbons (Fsp3) is 0.346. The van der Waals surface area contributed by atoms with E-state index < -0.39 is 29.3 Å². The second-order valence-corrected chi connectivity index (χ2v) is 10.2. The van der Waals surface area contributed by atoms with Crippen LogP contribution in [0.25, 0.3) is 11.0 Å². The van der Waals surface area contributed by atoms with Gasteiger partial charge in [-0.1, -0.05) is 32.6 Å². The molecule has 0 aliphatic carbocycles. The lowest BCUT2D eigenvalue weighted by atomic mass is 9.96. The third-order valence-electron chi connectivity index (χ3n) is 5.29. The molecular weight excluding hydrogens is 526 g/mol. The van der Waals surface area contributed by atoms with E-state index in [9.17, 15) is 24.3 Å². The van der Waals surface area contributed by atoms with Crippen LogP contribution in [0.3, 0.4) is 0 Å². The molecule has 3 aromatic rings. The summed E-state index contributed by atoms with van der Waals surface area (Å²) in [5.41, 5.74) is 0.251. The van der Waals surface area contributed by atoms with Gasteiger partial charge in [0.15, 0.2) is 5.65 Å². The first-order valence-corrected chi connectivity index (χ1v) is 12.5. The number of amides is 2. The summed E-state index contributed by atoms with van der Waals surface area (Å²) in [6.07, 6.45) is 1.42. The minimum Gasteiger partial charge on any atom is -0.493 e. The molecule has 204 valence electrons. The van der Waals surface area contributed by atoms with Crippen LogP contribution in [0.2, 0.25) is 0 Å². The summed E-state index contributed by atoms with van der Waals surface area (Å²) >= 11 is 1.22. The van der Waals surface area contributed by atoms with Crippen molar-refractivity contribution in [3.63, 3.8) is 0 Å². The molecule has 0 aliphatic heterocycles. The lowest BCUT2D eigenvalue weighted by Crippen LogP contribution is -2.41. The highest BCUT2D eigenvalue weighted by molar-refractivity contribution is 7.10. The van der Waals surface area contributed by atoms with Gasteiger partial charge < -0.3 is 19.9 Å². The number of pyridine rings is 1. The van der Waals surface area contributed by atoms with Gasteiger partial charge in [-0.05, 0) is 18.6 Å². The summed E-state index contributed by atoms with van der Waals surface area (Å²) < 4.78 is 9.28. The Bertz CT molecular complexity index is 1480. The van der Waals surface area contributed by atoms with Crippen molar-refractivity contribution in [3.05, 3.63) is 39.7 Å². The van der Waals surface area contributed by atoms with Crippen molar-refractivity contribution in [3.8, 4) is 17.7 Å². The molecule has 0 aliphatic rings. The number of anilines is 1. The van der Waals surface area contributed by atoms with E-state index in [4.69, 9.17) is 4.74 Å². The van der Waals surface area contributed by atoms with Gasteiger partial charge in [-0.3, -0.25) is 19.7 Å². The van der Waals surface area contributed by atoms with Gasteiger partial charge in [-0.2, -0.15) is 9.97 Å². The molecule has 13 heteroatoms. The fourth-order valence-electron chi connectivity index (χ4n) is 3.06. The summed E-state index contributed by atoms with van der Waals surface area (Å²) in [4.78, 5) is 61.1. The van der Waals surface area contributed by atoms with E-state index >= 15 is 0 Å². The number of hydrogen-bond acceptors (Lipinski definition) is 11. The molecule has 3 N–H and O–H groups in total. The van der Waals surface area contributed by atoms with Crippen molar-refractivity contribution < 1.29 is 33.8 Å². The van der Waals surface area contributed by atoms with E-state index in [-0.39, 0.29) is 47.2 Å². The second-order valence-electron chi connectivity index (χ2n) is 9.28. The second kappa shape index (κ2) is 12.3. The number of rotatable bonds is 7. The summed E-state index contributed by atoms with van der Waals surface area (Å²) in [6.45, 7) is 5.21. The molecule has 12 nitrogen and oxygen atoms in total. The van der Waals surface area contributed by atoms with Crippen LogP contribution < -0.4 is 10.6 Å². The molecule has 1 atom stereocenters. The molecule has 0 fully saturated rings. The van der Waals surface area contributed by atoms with Gasteiger partial charge in [-0.15, -0.1) is 11.3 Å². The lowest BCUT2D eigenvalue weighted by Gasteiger charge is -2.16. The third kappa shape index (κ3) is 7.71. The van der Waals surface area contributed by atoms with Crippen LogP contribution in [0.5, 0.6) is 5.88 Å². The first kappa shape index (κ1) is 29.0. The van der Waals surface area contributed by atoms with Crippen LogP contribution in [-0.4, -0.2) is 64.1 Å². The van der Waals surface area contributed by atoms with E-state index in [0.717, 1.165) is 0 Å². The molecular formula is C26H27N5O7S. The molecule has 0 aromatic carbocycles. The number of thiophene rings is 1. The Morgan fingerprint density at radius 1 is 1.10 bits per heavy atom. The van der Waals surface area contributed by atoms with E-state index in [2.05, 4.69) is 42.2 Å². The first-order valence-electron chi connectivity index (χ1n) is 11.7. The van der Waals surface area contributed by atoms with Crippen LogP contribution >= 0.6 is 11.3 Å². The number of hydrogen-bond donors (Lipinski definition) is 3. The maximum atomic E-state index is 12.7. The largest absolute Gasteiger partial charge is 0.493 e. The van der Waals surface area contributed by atoms with Gasteiger partial charge in [-0.25, -0.2) is 9.78 Å². The van der Waals surface area contributed by atoms with Crippen LogP contribution in [-0.2, 0) is 23.9 Å². The van der Waals surface area contributed by atoms with Crippen LogP contribution in [0.4, 0.5) is 5.95 Å². The zero-order valence-corrected chi connectivity index (χ0v) is 22.8. The van der Waals surface area contributed by atoms with Crippen molar-refractivity contribution in [1.82, 2.24) is 20.3 Å². The van der Waals surface area contributed by atoms with Crippen LogP contribution in [0.1, 0.15) is 54.4 Å². The zero-order chi connectivity index (χ0) is 28.7. The molecule has 39 heavy (non-hydrogen) atoms. The first-order chi connectivity index (χ1) is 18.4. The molecule has 0 bridgehead atoms. The van der Waals surface area contributed by atoms with Crippen molar-refractivity contribution in [2.75, 3.05) is 19.5 Å². The number of ether oxygens (including phenoxy) is 2. The fourth-order valence-corrected chi connectivity index (χ4v) is 3.80. The summed E-state index contributed by atoms with van der Waals surface area (Å²) in [5, 5.41) is 17.3. The Morgan fingerprint density at radius 2 is 1.85 bits per heavy atom. The monoisotopic (exact) mass is 553 g/mol. The minimum absolute atomic E-state index is 0.0257. The summed E-state index contributed by atoms with van der Waals surface area (Å²) in [7, 11) is 2.42. The smallest absolute Gasteiger partial charge is 0.328 e. The average molecular weight is 554 g/mol. The van der Waals surface area contributed by atoms with Gasteiger partial charge in [0.05, 0.1) is 30.0 Å². The van der Waals surface area contributed by atoms with E-state index in [1.807, 2.05) is 0 Å². The van der Waals surface area contributed by atoms with Gasteiger partial charge >= 0.3 is 11.9 Å². The number of nitrogens with one attached hydrogen (secondary N) is 2. The predicted octanol–water partition coefficient (Wildman–Crippen LogP) is 2.40. The molecule has 2 amide bonds. The number of fused-ring (bicyclic) bond motifs is 1. The zero-order valence-electron chi connectivity index (χ0n) is 21.9. The lowest BCUT2D eigenvalue weighted by molar-refractivity contribution is -0.144. The van der Waals surface area contributed by atoms with Crippen LogP contribution in [0.15, 0.2) is 23.7 Å². The molecule has 0 radical (unpaired) electrons. The van der Waals surface area contributed by atoms with E-state index in [1.54, 1.807) is 38.3 Å². The summed E-state index contributed by atoms with van der Waals surface area (Å²) in [6, 6.07) is 2.10. The number of carbonyl (C=O) groups is 4. The molecule has 3 rings (SSSR count). The quantitative estimate of drug-likeness (QED) is 0.292. The standard InChI is InChI=1S/C26H27N5O7S/c1-26(2,3)24(36)31-25-29-20-17(22(34)30-25)10-14(12-27-20)6-7-16-11-15(13-39-16)21(33)28-18(23(35)38-5)8-9-19(32)37-4/h10-13,18H,8-9H2,1-5H3,(H,28,33)(H2,27,29,30,31,34,36)/t18-/m1/s1. The van der Waals surface area contributed by atoms with E-state index in [1.165, 1.54) is 31.8 Å². The maximum absolute atomic E-state index is 12.7. The molecule has 3 heterocycles. The van der Waals surface area contributed by atoms with Crippen molar-refractivity contribution in [2.24, 2.45) is 5.41 Å². The van der Waals surface area contributed by atoms with Gasteiger partial charge in [0.2, 0.25) is 17.7 Å². The summed E-state index contributed by atoms with van der Waals surface area (Å²) in [5.74, 6) is 3.39. The highest BCUT2D eigenvalue weighted by Crippen LogP contribution is 2.24. The average Bonchev–Trinajstić information content (AvgIpc) is 3.38. The maximum Gasteiger partial charge on any atom is 0.328 e. The Balaban J connectivity index is 1.73. The van der Waals surface area contributed by atoms with Gasteiger partial charge in [0, 0.05) is 29.0 Å². The van der Waals surface area contributed by atoms with E-state index in [0.29, 0.717) is 10.4 Å². The molecule has 3 aromatic heterocycles. The molecule has 0 unspecified atom stereocenters. The Morgan fingerprint density at radius 3 is 2.51 bits per heavy atom. The third-order valence-corrected chi connectivity index (χ3v) is 6.13. The Labute approximate surface area is 228 Å². The number of aromatic hydroxyl groups is 1. The SMILES string of the molecule is COC(=O)CC[C@@H](NC(=O)c1csc(C#Cc2cnc3nc(NC(=O)C(C)(C)C)nc(O)c3c2)c1)C(=O)OC. The highest BCUT2D eigenvalue weighted by Gasteiger charge is 2.24. The Kier molecular flexibility index (Phi) is 9.16. The van der Waals surface area contributed by atoms with Crippen molar-refractivity contribution in [1.29, 1.82) is 0 Å². The number of methoxy groups -OCH3 is 2. The van der Waals surface area contributed by atoms with Crippen LogP contribution in [0, 0.1) is 17.3 Å². The number of carbonyl (C=O) groups excluding carboxylic acids is 4. The normalized spacial score (nSPS) is 11.6.